The average molecular weight is 131 g/mol. The molecule has 3 atom stereocenters. The van der Waals surface area contributed by atoms with Gasteiger partial charge in [0.2, 0.25) is 0 Å². The first kappa shape index (κ1) is 6.99. The van der Waals surface area contributed by atoms with Gasteiger partial charge in [-0.05, 0) is 19.9 Å². The normalized spacial score (nSPS) is 43.7. The molecule has 1 unspecified atom stereocenters. The molecule has 0 amide bonds. The Morgan fingerprint density at radius 2 is 1.67 bits per heavy atom. The van der Waals surface area contributed by atoms with E-state index in [4.69, 9.17) is 10.2 Å². The van der Waals surface area contributed by atoms with Gasteiger partial charge in [0.05, 0.1) is 12.2 Å². The number of rotatable bonds is 1. The zero-order valence-corrected chi connectivity index (χ0v) is 5.54. The van der Waals surface area contributed by atoms with Crippen molar-refractivity contribution in [3.05, 3.63) is 0 Å². The highest BCUT2D eigenvalue weighted by molar-refractivity contribution is 4.85. The highest BCUT2D eigenvalue weighted by Gasteiger charge is 2.29. The first-order valence-corrected chi connectivity index (χ1v) is 3.27. The standard InChI is InChI=1S/C6H13NO2/c1-7-4-2-5(8)6(9)3-4/h4-9H,2-3H2,1H3/t4?,5-,6+. The summed E-state index contributed by atoms with van der Waals surface area (Å²) in [6.45, 7) is 0. The van der Waals surface area contributed by atoms with Crippen LogP contribution < -0.4 is 5.32 Å². The van der Waals surface area contributed by atoms with E-state index in [1.54, 1.807) is 0 Å². The Kier molecular flexibility index (Phi) is 2.05. The smallest absolute Gasteiger partial charge is 0.0814 e. The maximum Gasteiger partial charge on any atom is 0.0814 e. The van der Waals surface area contributed by atoms with E-state index in [-0.39, 0.29) is 0 Å². The summed E-state index contributed by atoms with van der Waals surface area (Å²) < 4.78 is 0. The van der Waals surface area contributed by atoms with Crippen molar-refractivity contribution in [1.82, 2.24) is 5.32 Å². The Morgan fingerprint density at radius 1 is 1.22 bits per heavy atom. The van der Waals surface area contributed by atoms with Crippen LogP contribution in [0, 0.1) is 0 Å². The molecule has 0 aromatic rings. The molecule has 1 rings (SSSR count). The lowest BCUT2D eigenvalue weighted by Crippen LogP contribution is -2.22. The molecule has 0 spiro atoms. The Hall–Kier alpha value is -0.120. The summed E-state index contributed by atoms with van der Waals surface area (Å²) in [4.78, 5) is 0. The molecular weight excluding hydrogens is 118 g/mol. The van der Waals surface area contributed by atoms with E-state index in [1.807, 2.05) is 7.05 Å². The number of aliphatic hydroxyl groups excluding tert-OH is 2. The minimum atomic E-state index is -0.512. The largest absolute Gasteiger partial charge is 0.390 e. The van der Waals surface area contributed by atoms with Crippen molar-refractivity contribution in [3.8, 4) is 0 Å². The van der Waals surface area contributed by atoms with E-state index in [0.29, 0.717) is 18.9 Å². The molecule has 0 bridgehead atoms. The van der Waals surface area contributed by atoms with Crippen LogP contribution in [0.1, 0.15) is 12.8 Å². The molecule has 0 heterocycles. The molecule has 9 heavy (non-hydrogen) atoms. The summed E-state index contributed by atoms with van der Waals surface area (Å²) in [7, 11) is 1.84. The molecule has 0 aromatic heterocycles. The quantitative estimate of drug-likeness (QED) is 0.432. The second kappa shape index (κ2) is 2.64. The van der Waals surface area contributed by atoms with Crippen LogP contribution in [0.3, 0.4) is 0 Å². The number of aliphatic hydroxyl groups is 2. The van der Waals surface area contributed by atoms with E-state index in [1.165, 1.54) is 0 Å². The lowest BCUT2D eigenvalue weighted by Gasteiger charge is -2.03. The highest BCUT2D eigenvalue weighted by atomic mass is 16.3. The van der Waals surface area contributed by atoms with Gasteiger partial charge in [-0.1, -0.05) is 0 Å². The topological polar surface area (TPSA) is 52.5 Å². The molecule has 0 saturated heterocycles. The highest BCUT2D eigenvalue weighted by Crippen LogP contribution is 2.18. The molecule has 1 aliphatic carbocycles. The molecule has 0 aliphatic heterocycles. The minimum Gasteiger partial charge on any atom is -0.390 e. The van der Waals surface area contributed by atoms with Gasteiger partial charge in [0, 0.05) is 6.04 Å². The first-order valence-electron chi connectivity index (χ1n) is 3.27. The summed E-state index contributed by atoms with van der Waals surface area (Å²) in [5.41, 5.74) is 0. The molecule has 54 valence electrons. The number of hydrogen-bond acceptors (Lipinski definition) is 3. The van der Waals surface area contributed by atoms with Crippen molar-refractivity contribution in [1.29, 1.82) is 0 Å². The van der Waals surface area contributed by atoms with Crippen molar-refractivity contribution in [2.24, 2.45) is 0 Å². The average Bonchev–Trinajstić information content (AvgIpc) is 2.13. The Balaban J connectivity index is 2.35. The van der Waals surface area contributed by atoms with Crippen LogP contribution in [-0.4, -0.2) is 35.5 Å². The third-order valence-electron chi connectivity index (χ3n) is 1.90. The fourth-order valence-corrected chi connectivity index (χ4v) is 1.23. The predicted octanol–water partition coefficient (Wildman–Crippen LogP) is -0.910. The van der Waals surface area contributed by atoms with Gasteiger partial charge in [-0.25, -0.2) is 0 Å². The van der Waals surface area contributed by atoms with E-state index in [2.05, 4.69) is 5.32 Å². The zero-order chi connectivity index (χ0) is 6.85. The fraction of sp³-hybridized carbons (Fsp3) is 1.00. The Bertz CT molecular complexity index is 87.1. The van der Waals surface area contributed by atoms with Gasteiger partial charge in [0.25, 0.3) is 0 Å². The monoisotopic (exact) mass is 131 g/mol. The van der Waals surface area contributed by atoms with Crippen molar-refractivity contribution >= 4 is 0 Å². The third-order valence-corrected chi connectivity index (χ3v) is 1.90. The predicted molar refractivity (Wildman–Crippen MR) is 34.1 cm³/mol. The molecule has 0 aromatic carbocycles. The van der Waals surface area contributed by atoms with Gasteiger partial charge in [-0.2, -0.15) is 0 Å². The fourth-order valence-electron chi connectivity index (χ4n) is 1.23. The van der Waals surface area contributed by atoms with Crippen LogP contribution in [0.25, 0.3) is 0 Å². The lowest BCUT2D eigenvalue weighted by atomic mass is 10.2. The van der Waals surface area contributed by atoms with Gasteiger partial charge >= 0.3 is 0 Å². The Morgan fingerprint density at radius 3 is 1.89 bits per heavy atom. The maximum absolute atomic E-state index is 9.01. The molecule has 1 aliphatic rings. The molecule has 0 radical (unpaired) electrons. The van der Waals surface area contributed by atoms with Crippen LogP contribution in [-0.2, 0) is 0 Å². The minimum absolute atomic E-state index is 0.301. The number of nitrogens with one attached hydrogen (secondary N) is 1. The van der Waals surface area contributed by atoms with Gasteiger partial charge in [0.15, 0.2) is 0 Å². The lowest BCUT2D eigenvalue weighted by molar-refractivity contribution is 0.0438. The SMILES string of the molecule is CNC1C[C@@H](O)[C@@H](O)C1. The second-order valence-electron chi connectivity index (χ2n) is 2.59. The van der Waals surface area contributed by atoms with Crippen molar-refractivity contribution < 1.29 is 10.2 Å². The first-order chi connectivity index (χ1) is 4.24. The van der Waals surface area contributed by atoms with Gasteiger partial charge in [-0.15, -0.1) is 0 Å². The summed E-state index contributed by atoms with van der Waals surface area (Å²) in [5, 5.41) is 21.0. The van der Waals surface area contributed by atoms with Gasteiger partial charge < -0.3 is 15.5 Å². The van der Waals surface area contributed by atoms with E-state index < -0.39 is 12.2 Å². The Labute approximate surface area is 54.7 Å². The summed E-state index contributed by atoms with van der Waals surface area (Å²) in [6.07, 6.45) is 0.333. The van der Waals surface area contributed by atoms with Crippen LogP contribution in [0.4, 0.5) is 0 Å². The van der Waals surface area contributed by atoms with Crippen LogP contribution in [0.5, 0.6) is 0 Å². The van der Waals surface area contributed by atoms with Gasteiger partial charge in [-0.3, -0.25) is 0 Å². The molecule has 3 nitrogen and oxygen atoms in total. The zero-order valence-electron chi connectivity index (χ0n) is 5.54. The molecule has 1 fully saturated rings. The number of hydrogen-bond donors (Lipinski definition) is 3. The molecular formula is C6H13NO2. The van der Waals surface area contributed by atoms with E-state index in [0.717, 1.165) is 0 Å². The van der Waals surface area contributed by atoms with Crippen molar-refractivity contribution in [3.63, 3.8) is 0 Å². The second-order valence-corrected chi connectivity index (χ2v) is 2.59. The van der Waals surface area contributed by atoms with Crippen LogP contribution >= 0.6 is 0 Å². The van der Waals surface area contributed by atoms with E-state index in [9.17, 15) is 0 Å². The third kappa shape index (κ3) is 1.41. The molecule has 1 saturated carbocycles. The molecule has 3 heteroatoms. The summed E-state index contributed by atoms with van der Waals surface area (Å²) in [5.74, 6) is 0. The summed E-state index contributed by atoms with van der Waals surface area (Å²) in [6, 6.07) is 0.301. The van der Waals surface area contributed by atoms with Gasteiger partial charge in [0.1, 0.15) is 0 Å². The van der Waals surface area contributed by atoms with Crippen LogP contribution in [0.15, 0.2) is 0 Å². The summed E-state index contributed by atoms with van der Waals surface area (Å²) >= 11 is 0. The molecule has 3 N–H and O–H groups in total. The van der Waals surface area contributed by atoms with Crippen LogP contribution in [0.2, 0.25) is 0 Å². The van der Waals surface area contributed by atoms with Crippen molar-refractivity contribution in [2.45, 2.75) is 31.1 Å². The van der Waals surface area contributed by atoms with E-state index >= 15 is 0 Å². The maximum atomic E-state index is 9.01. The van der Waals surface area contributed by atoms with Crippen molar-refractivity contribution in [2.75, 3.05) is 7.05 Å².